The number of hydrogen-bond acceptors (Lipinski definition) is 4. The van der Waals surface area contributed by atoms with Crippen molar-refractivity contribution in [1.82, 2.24) is 14.9 Å². The summed E-state index contributed by atoms with van der Waals surface area (Å²) in [5.74, 6) is -2.59. The molecular weight excluding hydrogens is 548 g/mol. The number of aromatic nitrogens is 2. The first-order chi connectivity index (χ1) is 17.0. The number of rotatable bonds is 5. The number of pyridine rings is 1. The number of alkyl halides is 3. The topological polar surface area (TPSA) is 89.5 Å². The van der Waals surface area contributed by atoms with Crippen molar-refractivity contribution in [2.24, 2.45) is 5.92 Å². The summed E-state index contributed by atoms with van der Waals surface area (Å²) in [6, 6.07) is 8.89. The quantitative estimate of drug-likeness (QED) is 0.395. The number of carboxylic acids is 1. The highest BCUT2D eigenvalue weighted by Crippen LogP contribution is 2.26. The number of carbonyl (C=O) groups excluding carboxylic acids is 1. The fourth-order valence-corrected chi connectivity index (χ4v) is 4.42. The summed E-state index contributed by atoms with van der Waals surface area (Å²) >= 11 is 3.28. The average Bonchev–Trinajstić information content (AvgIpc) is 3.27. The van der Waals surface area contributed by atoms with Crippen molar-refractivity contribution in [2.75, 3.05) is 31.6 Å². The molecule has 194 valence electrons. The lowest BCUT2D eigenvalue weighted by Gasteiger charge is -2.34. The fourth-order valence-electron chi connectivity index (χ4n) is 3.99. The lowest BCUT2D eigenvalue weighted by Crippen LogP contribution is -2.35. The van der Waals surface area contributed by atoms with Crippen LogP contribution in [0.1, 0.15) is 29.8 Å². The molecule has 1 aliphatic heterocycles. The zero-order valence-electron chi connectivity index (χ0n) is 19.4. The van der Waals surface area contributed by atoms with Gasteiger partial charge in [-0.15, -0.1) is 0 Å². The van der Waals surface area contributed by atoms with Gasteiger partial charge in [-0.05, 0) is 55.5 Å². The lowest BCUT2D eigenvalue weighted by atomic mass is 9.93. The number of nitrogens with one attached hydrogen (secondary N) is 1. The summed E-state index contributed by atoms with van der Waals surface area (Å²) in [7, 11) is 1.81. The number of amides is 1. The number of carbonyl (C=O) groups is 2. The molecule has 36 heavy (non-hydrogen) atoms. The molecule has 4 rings (SSSR count). The van der Waals surface area contributed by atoms with Gasteiger partial charge in [0.25, 0.3) is 5.91 Å². The maximum Gasteiger partial charge on any atom is 0.490 e. The van der Waals surface area contributed by atoms with Gasteiger partial charge in [0.1, 0.15) is 11.5 Å². The zero-order chi connectivity index (χ0) is 26.5. The van der Waals surface area contributed by atoms with E-state index in [1.54, 1.807) is 17.0 Å². The molecule has 1 fully saturated rings. The maximum atomic E-state index is 14.1. The SMILES string of the molecule is CN(CCC1CCN(c2ccncc2)CC1)C(=O)c1cc2c(F)cc(Br)cc2[nH]1.O=C(O)C(F)(F)F. The molecule has 0 radical (unpaired) electrons. The van der Waals surface area contributed by atoms with Gasteiger partial charge in [0, 0.05) is 54.6 Å². The highest BCUT2D eigenvalue weighted by Gasteiger charge is 2.38. The Morgan fingerprint density at radius 1 is 1.19 bits per heavy atom. The van der Waals surface area contributed by atoms with Crippen LogP contribution in [0.3, 0.4) is 0 Å². The smallest absolute Gasteiger partial charge is 0.475 e. The minimum atomic E-state index is -5.08. The second kappa shape index (κ2) is 11.7. The maximum absolute atomic E-state index is 14.1. The molecule has 0 atom stereocenters. The van der Waals surface area contributed by atoms with Crippen molar-refractivity contribution in [1.29, 1.82) is 0 Å². The van der Waals surface area contributed by atoms with Crippen LogP contribution in [-0.2, 0) is 4.79 Å². The van der Waals surface area contributed by atoms with Crippen molar-refractivity contribution in [3.05, 3.63) is 58.7 Å². The van der Waals surface area contributed by atoms with Crippen LogP contribution in [0.4, 0.5) is 23.2 Å². The van der Waals surface area contributed by atoms with Gasteiger partial charge in [-0.1, -0.05) is 15.9 Å². The third kappa shape index (κ3) is 7.19. The van der Waals surface area contributed by atoms with Crippen molar-refractivity contribution in [3.8, 4) is 0 Å². The summed E-state index contributed by atoms with van der Waals surface area (Å²) < 4.78 is 46.5. The Bertz CT molecular complexity index is 1200. The summed E-state index contributed by atoms with van der Waals surface area (Å²) in [4.78, 5) is 32.9. The summed E-state index contributed by atoms with van der Waals surface area (Å²) in [6.45, 7) is 2.76. The molecule has 7 nitrogen and oxygen atoms in total. The van der Waals surface area contributed by atoms with E-state index in [9.17, 15) is 22.4 Å². The first kappa shape index (κ1) is 27.4. The summed E-state index contributed by atoms with van der Waals surface area (Å²) in [5.41, 5.74) is 2.27. The predicted octanol–water partition coefficient (Wildman–Crippen LogP) is 5.48. The van der Waals surface area contributed by atoms with Crippen LogP contribution in [0.2, 0.25) is 0 Å². The number of carboxylic acid groups (broad SMARTS) is 1. The molecule has 1 aromatic carbocycles. The average molecular weight is 573 g/mol. The van der Waals surface area contributed by atoms with Gasteiger partial charge in [-0.2, -0.15) is 13.2 Å². The second-order valence-electron chi connectivity index (χ2n) is 8.49. The first-order valence-corrected chi connectivity index (χ1v) is 11.9. The Morgan fingerprint density at radius 3 is 2.39 bits per heavy atom. The van der Waals surface area contributed by atoms with Crippen molar-refractivity contribution in [2.45, 2.75) is 25.4 Å². The Kier molecular flexibility index (Phi) is 8.93. The van der Waals surface area contributed by atoms with Gasteiger partial charge in [0.2, 0.25) is 0 Å². The fraction of sp³-hybridized carbons (Fsp3) is 0.375. The molecule has 2 N–H and O–H groups in total. The number of anilines is 1. The Labute approximate surface area is 213 Å². The molecule has 0 saturated carbocycles. The van der Waals surface area contributed by atoms with Gasteiger partial charge >= 0.3 is 12.1 Å². The predicted molar refractivity (Wildman–Crippen MR) is 130 cm³/mol. The van der Waals surface area contributed by atoms with Crippen LogP contribution in [-0.4, -0.2) is 64.7 Å². The summed E-state index contributed by atoms with van der Waals surface area (Å²) in [5, 5.41) is 7.56. The minimum absolute atomic E-state index is 0.106. The van der Waals surface area contributed by atoms with Crippen LogP contribution < -0.4 is 4.90 Å². The lowest BCUT2D eigenvalue weighted by molar-refractivity contribution is -0.192. The normalized spacial score (nSPS) is 14.3. The molecule has 1 aliphatic rings. The van der Waals surface area contributed by atoms with E-state index in [1.807, 2.05) is 19.4 Å². The number of nitrogens with zero attached hydrogens (tertiary/aromatic N) is 3. The molecule has 0 aliphatic carbocycles. The van der Waals surface area contributed by atoms with Gasteiger partial charge in [-0.25, -0.2) is 9.18 Å². The highest BCUT2D eigenvalue weighted by atomic mass is 79.9. The molecule has 3 heterocycles. The second-order valence-corrected chi connectivity index (χ2v) is 9.40. The Balaban J connectivity index is 0.000000454. The Hall–Kier alpha value is -3.15. The van der Waals surface area contributed by atoms with E-state index in [-0.39, 0.29) is 11.7 Å². The van der Waals surface area contributed by atoms with Crippen LogP contribution in [0.25, 0.3) is 10.9 Å². The van der Waals surface area contributed by atoms with Crippen molar-refractivity contribution < 1.29 is 32.3 Å². The van der Waals surface area contributed by atoms with Gasteiger partial charge in [0.15, 0.2) is 0 Å². The van der Waals surface area contributed by atoms with E-state index in [1.165, 1.54) is 11.8 Å². The molecule has 1 saturated heterocycles. The van der Waals surface area contributed by atoms with Crippen LogP contribution in [0, 0.1) is 11.7 Å². The number of halogens is 5. The van der Waals surface area contributed by atoms with E-state index < -0.39 is 12.1 Å². The number of hydrogen-bond donors (Lipinski definition) is 2. The number of fused-ring (bicyclic) bond motifs is 1. The Morgan fingerprint density at radius 2 is 1.81 bits per heavy atom. The van der Waals surface area contributed by atoms with Gasteiger partial charge < -0.3 is 19.9 Å². The first-order valence-electron chi connectivity index (χ1n) is 11.1. The third-order valence-corrected chi connectivity index (χ3v) is 6.44. The molecule has 3 aromatic rings. The molecule has 1 amide bonds. The number of aliphatic carboxylic acids is 1. The number of aromatic amines is 1. The largest absolute Gasteiger partial charge is 0.490 e. The van der Waals surface area contributed by atoms with Gasteiger partial charge in [0.05, 0.1) is 5.52 Å². The third-order valence-electron chi connectivity index (χ3n) is 5.99. The molecule has 2 aromatic heterocycles. The van der Waals surface area contributed by atoms with E-state index in [2.05, 4.69) is 42.9 Å². The standard InChI is InChI=1S/C22H24BrFN4O.C2HF3O2/c1-27(22(29)21-14-18-19(24)12-16(23)13-20(18)26-21)9-4-15-5-10-28(11-6-15)17-2-7-25-8-3-17;3-2(4,5)1(6)7/h2-3,7-8,12-15,26H,4-6,9-11H2,1H3;(H,6,7). The van der Waals surface area contributed by atoms with Crippen LogP contribution in [0.5, 0.6) is 0 Å². The van der Waals surface area contributed by atoms with Crippen LogP contribution >= 0.6 is 15.9 Å². The van der Waals surface area contributed by atoms with E-state index in [0.29, 0.717) is 33.5 Å². The van der Waals surface area contributed by atoms with E-state index >= 15 is 0 Å². The number of H-pyrrole nitrogens is 1. The highest BCUT2D eigenvalue weighted by molar-refractivity contribution is 9.10. The molecule has 0 bridgehead atoms. The summed E-state index contributed by atoms with van der Waals surface area (Å²) in [6.07, 6.45) is 1.80. The van der Waals surface area contributed by atoms with Gasteiger partial charge in [-0.3, -0.25) is 9.78 Å². The minimum Gasteiger partial charge on any atom is -0.475 e. The molecule has 0 unspecified atom stereocenters. The molecule has 12 heteroatoms. The molecular formula is C24H25BrF4N4O3. The zero-order valence-corrected chi connectivity index (χ0v) is 20.9. The van der Waals surface area contributed by atoms with Crippen LogP contribution in [0.15, 0.2) is 47.2 Å². The molecule has 0 spiro atoms. The monoisotopic (exact) mass is 572 g/mol. The van der Waals surface area contributed by atoms with Crippen molar-refractivity contribution >= 4 is 44.4 Å². The number of piperidine rings is 1. The number of benzene rings is 1. The van der Waals surface area contributed by atoms with E-state index in [0.717, 1.165) is 32.4 Å². The van der Waals surface area contributed by atoms with Crippen molar-refractivity contribution in [3.63, 3.8) is 0 Å². The van der Waals surface area contributed by atoms with E-state index in [4.69, 9.17) is 9.90 Å².